The number of nitrogens with zero attached hydrogens (tertiary/aromatic N) is 3. The molecule has 0 radical (unpaired) electrons. The number of aromatic amines is 1. The lowest BCUT2D eigenvalue weighted by molar-refractivity contribution is 0.356. The molecule has 5 rings (SSSR count). The van der Waals surface area contributed by atoms with Crippen LogP contribution in [0.25, 0.3) is 44.6 Å². The van der Waals surface area contributed by atoms with Crippen molar-refractivity contribution in [1.29, 1.82) is 0 Å². The van der Waals surface area contributed by atoms with Crippen molar-refractivity contribution >= 4 is 21.9 Å². The molecule has 5 aromatic rings. The van der Waals surface area contributed by atoms with Crippen LogP contribution in [0.2, 0.25) is 0 Å². The second-order valence-electron chi connectivity index (χ2n) is 6.85. The van der Waals surface area contributed by atoms with Gasteiger partial charge < -0.3 is 14.5 Å². The zero-order chi connectivity index (χ0) is 20.0. The van der Waals surface area contributed by atoms with Gasteiger partial charge in [0.1, 0.15) is 5.69 Å². The summed E-state index contributed by atoms with van der Waals surface area (Å²) in [6.07, 6.45) is 0. The number of imidazole rings is 1. The first kappa shape index (κ1) is 17.3. The van der Waals surface area contributed by atoms with Crippen LogP contribution in [0, 0.1) is 0 Å². The van der Waals surface area contributed by atoms with Crippen LogP contribution in [0.3, 0.4) is 0 Å². The average molecular weight is 384 g/mol. The Morgan fingerprint density at radius 1 is 0.931 bits per heavy atom. The number of methoxy groups -OCH3 is 2. The highest BCUT2D eigenvalue weighted by Crippen LogP contribution is 2.39. The fourth-order valence-electron chi connectivity index (χ4n) is 3.79. The molecule has 0 saturated carbocycles. The summed E-state index contributed by atoms with van der Waals surface area (Å²) in [5.41, 5.74) is 5.76. The van der Waals surface area contributed by atoms with Gasteiger partial charge in [0, 0.05) is 18.0 Å². The molecule has 3 aromatic carbocycles. The molecule has 144 valence electrons. The number of rotatable bonds is 4. The summed E-state index contributed by atoms with van der Waals surface area (Å²) >= 11 is 0. The molecule has 2 aromatic heterocycles. The van der Waals surface area contributed by atoms with E-state index < -0.39 is 0 Å². The summed E-state index contributed by atoms with van der Waals surface area (Å²) in [6, 6.07) is 20.1. The lowest BCUT2D eigenvalue weighted by Gasteiger charge is -2.13. The zero-order valence-electron chi connectivity index (χ0n) is 16.4. The molecule has 0 atom stereocenters. The van der Waals surface area contributed by atoms with Gasteiger partial charge in [0.25, 0.3) is 0 Å². The molecule has 0 unspecified atom stereocenters. The first-order chi connectivity index (χ1) is 14.2. The van der Waals surface area contributed by atoms with Crippen molar-refractivity contribution in [3.05, 3.63) is 60.7 Å². The largest absolute Gasteiger partial charge is 0.493 e. The average Bonchev–Trinajstić information content (AvgIpc) is 3.33. The predicted octanol–water partition coefficient (Wildman–Crippen LogP) is 4.80. The smallest absolute Gasteiger partial charge is 0.168 e. The van der Waals surface area contributed by atoms with Crippen molar-refractivity contribution < 1.29 is 9.47 Å². The van der Waals surface area contributed by atoms with Gasteiger partial charge in [0.15, 0.2) is 17.3 Å². The van der Waals surface area contributed by atoms with Crippen molar-refractivity contribution in [3.8, 4) is 34.1 Å². The van der Waals surface area contributed by atoms with Crippen LogP contribution in [-0.2, 0) is 7.05 Å². The minimum atomic E-state index is 0.703. The number of benzene rings is 3. The van der Waals surface area contributed by atoms with Gasteiger partial charge in [-0.3, -0.25) is 4.68 Å². The molecule has 0 spiro atoms. The minimum Gasteiger partial charge on any atom is -0.493 e. The monoisotopic (exact) mass is 384 g/mol. The summed E-state index contributed by atoms with van der Waals surface area (Å²) < 4.78 is 13.0. The van der Waals surface area contributed by atoms with E-state index in [9.17, 15) is 0 Å². The van der Waals surface area contributed by atoms with Crippen LogP contribution < -0.4 is 9.47 Å². The van der Waals surface area contributed by atoms with Crippen LogP contribution in [0.5, 0.6) is 11.5 Å². The summed E-state index contributed by atoms with van der Waals surface area (Å²) in [4.78, 5) is 8.12. The second kappa shape index (κ2) is 6.67. The van der Waals surface area contributed by atoms with E-state index in [1.807, 2.05) is 54.2 Å². The van der Waals surface area contributed by atoms with Crippen LogP contribution in [0.4, 0.5) is 0 Å². The maximum absolute atomic E-state index is 5.63. The van der Waals surface area contributed by atoms with Crippen LogP contribution in [0.1, 0.15) is 0 Å². The highest BCUT2D eigenvalue weighted by Gasteiger charge is 2.17. The van der Waals surface area contributed by atoms with E-state index in [1.165, 1.54) is 0 Å². The first-order valence-electron chi connectivity index (χ1n) is 9.33. The van der Waals surface area contributed by atoms with E-state index >= 15 is 0 Å². The minimum absolute atomic E-state index is 0.703. The summed E-state index contributed by atoms with van der Waals surface area (Å²) in [6.45, 7) is 0. The molecule has 0 fully saturated rings. The van der Waals surface area contributed by atoms with Gasteiger partial charge in [-0.1, -0.05) is 30.3 Å². The molecule has 0 aliphatic heterocycles. The second-order valence-corrected chi connectivity index (χ2v) is 6.85. The molecule has 1 N–H and O–H groups in total. The normalized spacial score (nSPS) is 11.3. The summed E-state index contributed by atoms with van der Waals surface area (Å²) in [7, 11) is 5.25. The zero-order valence-corrected chi connectivity index (χ0v) is 16.4. The molecule has 2 heterocycles. The van der Waals surface area contributed by atoms with Crippen molar-refractivity contribution in [3.63, 3.8) is 0 Å². The number of H-pyrrole nitrogens is 1. The van der Waals surface area contributed by atoms with Crippen LogP contribution in [-0.4, -0.2) is 34.0 Å². The lowest BCUT2D eigenvalue weighted by Crippen LogP contribution is -1.93. The molecule has 6 heteroatoms. The maximum atomic E-state index is 5.63. The number of ether oxygens (including phenoxy) is 2. The van der Waals surface area contributed by atoms with Crippen LogP contribution in [0.15, 0.2) is 60.7 Å². The van der Waals surface area contributed by atoms with E-state index in [2.05, 4.69) is 23.2 Å². The van der Waals surface area contributed by atoms with E-state index in [0.29, 0.717) is 11.5 Å². The highest BCUT2D eigenvalue weighted by atomic mass is 16.5. The molecule has 29 heavy (non-hydrogen) atoms. The van der Waals surface area contributed by atoms with Crippen molar-refractivity contribution in [2.75, 3.05) is 14.2 Å². The predicted molar refractivity (Wildman–Crippen MR) is 114 cm³/mol. The van der Waals surface area contributed by atoms with Crippen molar-refractivity contribution in [1.82, 2.24) is 19.7 Å². The van der Waals surface area contributed by atoms with Crippen LogP contribution >= 0.6 is 0 Å². The quantitative estimate of drug-likeness (QED) is 0.483. The standard InChI is InChI=1S/C23H20N4O2/c1-27-19-12-11-14(15-7-6-10-20(28-2)22(15)29-3)13-16(19)21(26-27)23-24-17-8-4-5-9-18(17)25-23/h4-13H,1-3H3,(H,24,25). The third-order valence-corrected chi connectivity index (χ3v) is 5.18. The SMILES string of the molecule is COc1cccc(-c2ccc3c(c2)c(-c2nc4ccccc4[nH]2)nn3C)c1OC. The molecule has 0 bridgehead atoms. The lowest BCUT2D eigenvalue weighted by atomic mass is 10.0. The Hall–Kier alpha value is -3.80. The number of para-hydroxylation sites is 3. The Labute approximate surface area is 167 Å². The van der Waals surface area contributed by atoms with Gasteiger partial charge in [-0.25, -0.2) is 4.98 Å². The molecular formula is C23H20N4O2. The van der Waals surface area contributed by atoms with E-state index in [1.54, 1.807) is 14.2 Å². The Morgan fingerprint density at radius 2 is 1.79 bits per heavy atom. The maximum Gasteiger partial charge on any atom is 0.168 e. The highest BCUT2D eigenvalue weighted by molar-refractivity contribution is 5.96. The molecule has 6 nitrogen and oxygen atoms in total. The topological polar surface area (TPSA) is 65.0 Å². The summed E-state index contributed by atoms with van der Waals surface area (Å²) in [5.74, 6) is 2.17. The van der Waals surface area contributed by atoms with E-state index in [0.717, 1.165) is 44.6 Å². The first-order valence-corrected chi connectivity index (χ1v) is 9.33. The summed E-state index contributed by atoms with van der Waals surface area (Å²) in [5, 5.41) is 5.76. The number of hydrogen-bond donors (Lipinski definition) is 1. The van der Waals surface area contributed by atoms with Crippen molar-refractivity contribution in [2.24, 2.45) is 7.05 Å². The number of fused-ring (bicyclic) bond motifs is 2. The van der Waals surface area contributed by atoms with Gasteiger partial charge in [0.05, 0.1) is 30.8 Å². The third kappa shape index (κ3) is 2.72. The number of hydrogen-bond acceptors (Lipinski definition) is 4. The number of aryl methyl sites for hydroxylation is 1. The molecule has 0 saturated heterocycles. The van der Waals surface area contributed by atoms with Crippen molar-refractivity contribution in [2.45, 2.75) is 0 Å². The molecule has 0 amide bonds. The fourth-order valence-corrected chi connectivity index (χ4v) is 3.79. The third-order valence-electron chi connectivity index (χ3n) is 5.18. The molecular weight excluding hydrogens is 364 g/mol. The molecule has 0 aliphatic rings. The fraction of sp³-hybridized carbons (Fsp3) is 0.130. The Kier molecular flexibility index (Phi) is 3.98. The van der Waals surface area contributed by atoms with E-state index in [4.69, 9.17) is 19.6 Å². The van der Waals surface area contributed by atoms with Gasteiger partial charge in [-0.2, -0.15) is 5.10 Å². The van der Waals surface area contributed by atoms with Gasteiger partial charge >= 0.3 is 0 Å². The van der Waals surface area contributed by atoms with Gasteiger partial charge in [-0.05, 0) is 35.9 Å². The molecule has 0 aliphatic carbocycles. The Bertz CT molecular complexity index is 1320. The Morgan fingerprint density at radius 3 is 2.59 bits per heavy atom. The number of aromatic nitrogens is 4. The van der Waals surface area contributed by atoms with E-state index in [-0.39, 0.29) is 0 Å². The van der Waals surface area contributed by atoms with Gasteiger partial charge in [0.2, 0.25) is 0 Å². The number of nitrogens with one attached hydrogen (secondary N) is 1. The Balaban J connectivity index is 1.73. The van der Waals surface area contributed by atoms with Gasteiger partial charge in [-0.15, -0.1) is 0 Å².